The Morgan fingerprint density at radius 2 is 2.21 bits per heavy atom. The number of ether oxygens (including phenoxy) is 2. The van der Waals surface area contributed by atoms with E-state index in [1.54, 1.807) is 0 Å². The van der Waals surface area contributed by atoms with Gasteiger partial charge in [-0.3, -0.25) is 0 Å². The van der Waals surface area contributed by atoms with Gasteiger partial charge in [-0.2, -0.15) is 0 Å². The fraction of sp³-hybridized carbons (Fsp3) is 0.400. The SMILES string of the molecule is NCCCc1cc(Cl)c2c(c1)OCO2. The Morgan fingerprint density at radius 1 is 1.36 bits per heavy atom. The lowest BCUT2D eigenvalue weighted by atomic mass is 10.1. The van der Waals surface area contributed by atoms with Gasteiger partial charge >= 0.3 is 0 Å². The molecule has 0 saturated heterocycles. The van der Waals surface area contributed by atoms with E-state index in [2.05, 4.69) is 0 Å². The number of rotatable bonds is 3. The maximum atomic E-state index is 6.02. The third-order valence-corrected chi connectivity index (χ3v) is 2.44. The van der Waals surface area contributed by atoms with Gasteiger partial charge in [0.15, 0.2) is 11.5 Å². The lowest BCUT2D eigenvalue weighted by Gasteiger charge is -2.03. The van der Waals surface area contributed by atoms with Crippen molar-refractivity contribution in [2.24, 2.45) is 5.73 Å². The minimum Gasteiger partial charge on any atom is -0.454 e. The van der Waals surface area contributed by atoms with Gasteiger partial charge in [-0.15, -0.1) is 0 Å². The highest BCUT2D eigenvalue weighted by molar-refractivity contribution is 6.32. The zero-order valence-corrected chi connectivity index (χ0v) is 8.51. The van der Waals surface area contributed by atoms with Crippen molar-refractivity contribution in [1.29, 1.82) is 0 Å². The summed E-state index contributed by atoms with van der Waals surface area (Å²) in [6.45, 7) is 0.946. The largest absolute Gasteiger partial charge is 0.454 e. The molecule has 1 aromatic carbocycles. The molecule has 4 heteroatoms. The van der Waals surface area contributed by atoms with Crippen molar-refractivity contribution in [3.05, 3.63) is 22.7 Å². The van der Waals surface area contributed by atoms with E-state index < -0.39 is 0 Å². The lowest BCUT2D eigenvalue weighted by Crippen LogP contribution is -2.00. The van der Waals surface area contributed by atoms with E-state index >= 15 is 0 Å². The van der Waals surface area contributed by atoms with Crippen molar-refractivity contribution in [2.75, 3.05) is 13.3 Å². The normalized spacial score (nSPS) is 13.3. The van der Waals surface area contributed by atoms with Crippen LogP contribution in [0, 0.1) is 0 Å². The van der Waals surface area contributed by atoms with Crippen molar-refractivity contribution in [3.8, 4) is 11.5 Å². The molecule has 0 aliphatic carbocycles. The maximum Gasteiger partial charge on any atom is 0.231 e. The molecule has 0 unspecified atom stereocenters. The van der Waals surface area contributed by atoms with Gasteiger partial charge < -0.3 is 15.2 Å². The molecule has 0 bridgehead atoms. The Labute approximate surface area is 87.8 Å². The summed E-state index contributed by atoms with van der Waals surface area (Å²) >= 11 is 6.02. The van der Waals surface area contributed by atoms with Crippen LogP contribution in [-0.4, -0.2) is 13.3 Å². The first kappa shape index (κ1) is 9.62. The minimum absolute atomic E-state index is 0.259. The Morgan fingerprint density at radius 3 is 3.00 bits per heavy atom. The van der Waals surface area contributed by atoms with E-state index in [0.717, 1.165) is 24.2 Å². The van der Waals surface area contributed by atoms with Crippen LogP contribution in [0.2, 0.25) is 5.02 Å². The van der Waals surface area contributed by atoms with Crippen LogP contribution in [0.1, 0.15) is 12.0 Å². The summed E-state index contributed by atoms with van der Waals surface area (Å²) in [5.41, 5.74) is 6.58. The Hall–Kier alpha value is -0.930. The van der Waals surface area contributed by atoms with Gasteiger partial charge in [-0.05, 0) is 37.1 Å². The second-order valence-corrected chi connectivity index (χ2v) is 3.61. The molecule has 0 saturated carbocycles. The Bertz CT molecular complexity index is 341. The third-order valence-electron chi connectivity index (χ3n) is 2.16. The van der Waals surface area contributed by atoms with Crippen LogP contribution in [-0.2, 0) is 6.42 Å². The summed E-state index contributed by atoms with van der Waals surface area (Å²) in [5.74, 6) is 1.40. The molecule has 1 aliphatic rings. The second kappa shape index (κ2) is 4.07. The van der Waals surface area contributed by atoms with Crippen molar-refractivity contribution in [2.45, 2.75) is 12.8 Å². The van der Waals surface area contributed by atoms with Gasteiger partial charge in [-0.25, -0.2) is 0 Å². The molecule has 2 rings (SSSR count). The van der Waals surface area contributed by atoms with Crippen molar-refractivity contribution < 1.29 is 9.47 Å². The lowest BCUT2D eigenvalue weighted by molar-refractivity contribution is 0.174. The van der Waals surface area contributed by atoms with Crippen molar-refractivity contribution in [3.63, 3.8) is 0 Å². The number of hydrogen-bond acceptors (Lipinski definition) is 3. The number of fused-ring (bicyclic) bond motifs is 1. The Balaban J connectivity index is 2.23. The highest BCUT2D eigenvalue weighted by atomic mass is 35.5. The van der Waals surface area contributed by atoms with E-state index in [0.29, 0.717) is 17.3 Å². The van der Waals surface area contributed by atoms with Gasteiger partial charge in [0.25, 0.3) is 0 Å². The molecule has 1 aliphatic heterocycles. The molecule has 3 nitrogen and oxygen atoms in total. The Kier molecular flexibility index (Phi) is 2.79. The third kappa shape index (κ3) is 1.79. The molecule has 0 fully saturated rings. The van der Waals surface area contributed by atoms with Crippen LogP contribution in [0.25, 0.3) is 0 Å². The van der Waals surface area contributed by atoms with E-state index in [-0.39, 0.29) is 6.79 Å². The molecule has 1 aromatic rings. The van der Waals surface area contributed by atoms with Gasteiger partial charge in [0, 0.05) is 0 Å². The fourth-order valence-electron chi connectivity index (χ4n) is 1.47. The standard InChI is InChI=1S/C10H12ClNO2/c11-8-4-7(2-1-3-12)5-9-10(8)14-6-13-9/h4-5H,1-3,6,12H2. The monoisotopic (exact) mass is 213 g/mol. The van der Waals surface area contributed by atoms with Crippen molar-refractivity contribution in [1.82, 2.24) is 0 Å². The molecule has 76 valence electrons. The highest BCUT2D eigenvalue weighted by Gasteiger charge is 2.17. The molecule has 14 heavy (non-hydrogen) atoms. The first-order valence-electron chi connectivity index (χ1n) is 4.59. The molecule has 0 radical (unpaired) electrons. The summed E-state index contributed by atoms with van der Waals surface area (Å²) in [4.78, 5) is 0. The molecule has 1 heterocycles. The number of aryl methyl sites for hydroxylation is 1. The smallest absolute Gasteiger partial charge is 0.231 e. The molecular weight excluding hydrogens is 202 g/mol. The number of benzene rings is 1. The van der Waals surface area contributed by atoms with E-state index in [1.807, 2.05) is 12.1 Å². The van der Waals surface area contributed by atoms with Crippen molar-refractivity contribution >= 4 is 11.6 Å². The minimum atomic E-state index is 0.259. The van der Waals surface area contributed by atoms with Crippen LogP contribution in [0.4, 0.5) is 0 Å². The van der Waals surface area contributed by atoms with Gasteiger partial charge in [0.1, 0.15) is 0 Å². The molecule has 2 N–H and O–H groups in total. The van der Waals surface area contributed by atoms with Gasteiger partial charge in [0.2, 0.25) is 6.79 Å². The van der Waals surface area contributed by atoms with E-state index in [4.69, 9.17) is 26.8 Å². The van der Waals surface area contributed by atoms with Crippen LogP contribution < -0.4 is 15.2 Å². The summed E-state index contributed by atoms with van der Waals surface area (Å²) in [5, 5.41) is 0.618. The summed E-state index contributed by atoms with van der Waals surface area (Å²) in [6.07, 6.45) is 1.88. The predicted molar refractivity (Wildman–Crippen MR) is 55.0 cm³/mol. The topological polar surface area (TPSA) is 44.5 Å². The molecular formula is C10H12ClNO2. The summed E-state index contributed by atoms with van der Waals surface area (Å²) in [6, 6.07) is 3.87. The summed E-state index contributed by atoms with van der Waals surface area (Å²) < 4.78 is 10.5. The van der Waals surface area contributed by atoms with Crippen LogP contribution >= 0.6 is 11.6 Å². The number of nitrogens with two attached hydrogens (primary N) is 1. The maximum absolute atomic E-state index is 6.02. The average Bonchev–Trinajstić information content (AvgIpc) is 2.63. The first-order valence-corrected chi connectivity index (χ1v) is 4.97. The molecule has 0 aromatic heterocycles. The van der Waals surface area contributed by atoms with E-state index in [1.165, 1.54) is 0 Å². The zero-order chi connectivity index (χ0) is 9.97. The predicted octanol–water partition coefficient (Wildman–Crippen LogP) is 1.96. The number of halogens is 1. The summed E-state index contributed by atoms with van der Waals surface area (Å²) in [7, 11) is 0. The second-order valence-electron chi connectivity index (χ2n) is 3.20. The van der Waals surface area contributed by atoms with E-state index in [9.17, 15) is 0 Å². The quantitative estimate of drug-likeness (QED) is 0.835. The molecule has 0 spiro atoms. The highest BCUT2D eigenvalue weighted by Crippen LogP contribution is 2.39. The number of hydrogen-bond donors (Lipinski definition) is 1. The zero-order valence-electron chi connectivity index (χ0n) is 7.75. The molecule has 0 amide bonds. The van der Waals surface area contributed by atoms with Crippen LogP contribution in [0.15, 0.2) is 12.1 Å². The van der Waals surface area contributed by atoms with Crippen LogP contribution in [0.5, 0.6) is 11.5 Å². The molecule has 0 atom stereocenters. The van der Waals surface area contributed by atoms with Crippen LogP contribution in [0.3, 0.4) is 0 Å². The van der Waals surface area contributed by atoms with Gasteiger partial charge in [0.05, 0.1) is 5.02 Å². The first-order chi connectivity index (χ1) is 6.81. The van der Waals surface area contributed by atoms with Gasteiger partial charge in [-0.1, -0.05) is 11.6 Å². The fourth-order valence-corrected chi connectivity index (χ4v) is 1.76. The average molecular weight is 214 g/mol.